The van der Waals surface area contributed by atoms with Gasteiger partial charge in [0.05, 0.1) is 51.6 Å². The van der Waals surface area contributed by atoms with Crippen LogP contribution >= 0.6 is 0 Å². The van der Waals surface area contributed by atoms with Crippen molar-refractivity contribution in [1.29, 1.82) is 5.26 Å². The monoisotopic (exact) mass is 745 g/mol. The van der Waals surface area contributed by atoms with Crippen molar-refractivity contribution >= 4 is 49.3 Å². The van der Waals surface area contributed by atoms with Gasteiger partial charge in [-0.25, -0.2) is 19.8 Å². The molecular weight excluding hydrogens is 711 g/mol. The van der Waals surface area contributed by atoms with Gasteiger partial charge in [-0.3, -0.25) is 0 Å². The summed E-state index contributed by atoms with van der Waals surface area (Å²) >= 11 is 0. The van der Waals surface area contributed by atoms with E-state index in [-0.39, 0.29) is 0 Å². The molecule has 10 aromatic rings. The quantitative estimate of drug-likeness (QED) is 0.164. The van der Waals surface area contributed by atoms with Crippen LogP contribution in [0.4, 0.5) is 5.69 Å². The molecule has 0 aliphatic rings. The van der Waals surface area contributed by atoms with Gasteiger partial charge in [0.2, 0.25) is 0 Å². The van der Waals surface area contributed by atoms with E-state index in [1.54, 1.807) is 0 Å². The van der Waals surface area contributed by atoms with E-state index in [1.807, 2.05) is 66.7 Å². The Hall–Kier alpha value is -7.87. The molecule has 0 saturated heterocycles. The molecule has 7 nitrogen and oxygen atoms in total. The first kappa shape index (κ1) is 34.6. The summed E-state index contributed by atoms with van der Waals surface area (Å²) in [4.78, 5) is 19.5. The molecule has 58 heavy (non-hydrogen) atoms. The van der Waals surface area contributed by atoms with E-state index < -0.39 is 0 Å². The second kappa shape index (κ2) is 13.4. The van der Waals surface area contributed by atoms with Crippen LogP contribution in [0.3, 0.4) is 0 Å². The summed E-state index contributed by atoms with van der Waals surface area (Å²) in [5.41, 5.74) is 13.7. The minimum Gasteiger partial charge on any atom is -0.309 e. The number of aryl methyl sites for hydroxylation is 4. The van der Waals surface area contributed by atoms with E-state index >= 15 is 0 Å². The van der Waals surface area contributed by atoms with Crippen LogP contribution in [0.5, 0.6) is 0 Å². The van der Waals surface area contributed by atoms with E-state index in [9.17, 15) is 5.26 Å². The molecule has 0 saturated carbocycles. The minimum absolute atomic E-state index is 0.415. The highest BCUT2D eigenvalue weighted by Crippen LogP contribution is 2.40. The van der Waals surface area contributed by atoms with Gasteiger partial charge in [-0.15, -0.1) is 0 Å². The molecule has 10 rings (SSSR count). The maximum Gasteiger partial charge on any atom is 0.188 e. The van der Waals surface area contributed by atoms with E-state index in [0.29, 0.717) is 39.9 Å². The van der Waals surface area contributed by atoms with Crippen LogP contribution in [0.15, 0.2) is 140 Å². The average Bonchev–Trinajstić information content (AvgIpc) is 3.73. The maximum absolute atomic E-state index is 10.3. The Morgan fingerprint density at radius 1 is 0.483 bits per heavy atom. The van der Waals surface area contributed by atoms with Crippen molar-refractivity contribution in [2.24, 2.45) is 0 Å². The number of nitriles is 1. The van der Waals surface area contributed by atoms with E-state index in [2.05, 4.69) is 121 Å². The fourth-order valence-electron chi connectivity index (χ4n) is 8.30. The predicted molar refractivity (Wildman–Crippen MR) is 235 cm³/mol. The van der Waals surface area contributed by atoms with Crippen molar-refractivity contribution in [1.82, 2.24) is 24.1 Å². The van der Waals surface area contributed by atoms with Gasteiger partial charge < -0.3 is 9.13 Å². The van der Waals surface area contributed by atoms with Crippen LogP contribution in [-0.4, -0.2) is 24.1 Å². The number of fused-ring (bicyclic) bond motifs is 6. The van der Waals surface area contributed by atoms with Crippen molar-refractivity contribution in [2.75, 3.05) is 0 Å². The molecule has 274 valence electrons. The van der Waals surface area contributed by atoms with Gasteiger partial charge in [-0.2, -0.15) is 5.26 Å². The van der Waals surface area contributed by atoms with Crippen LogP contribution in [0, 0.1) is 45.6 Å². The molecule has 0 N–H and O–H groups in total. The van der Waals surface area contributed by atoms with Crippen LogP contribution in [0.1, 0.15) is 27.8 Å². The van der Waals surface area contributed by atoms with Crippen LogP contribution in [0.25, 0.3) is 94.0 Å². The predicted octanol–water partition coefficient (Wildman–Crippen LogP) is 12.7. The van der Waals surface area contributed by atoms with E-state index in [1.165, 1.54) is 22.3 Å². The molecule has 7 heteroatoms. The summed E-state index contributed by atoms with van der Waals surface area (Å²) in [5.74, 6) is 1.31. The molecule has 0 bridgehead atoms. The van der Waals surface area contributed by atoms with Gasteiger partial charge in [0.15, 0.2) is 23.2 Å². The molecule has 0 unspecified atom stereocenters. The molecule has 0 amide bonds. The number of hydrogen-bond acceptors (Lipinski definition) is 4. The SMILES string of the molecule is [C-]#[N+]c1ccc(-n2c3ccc(C)cc3c3cc(C)ccc32)c(-c2nc(-c3ccccc3)nc(-c3cc(C#N)ccc3-n3c4ccc(C)cc4c4cc(C)ccc43)n2)c1. The molecule has 0 spiro atoms. The molecule has 0 atom stereocenters. The summed E-state index contributed by atoms with van der Waals surface area (Å²) < 4.78 is 4.50. The van der Waals surface area contributed by atoms with Crippen molar-refractivity contribution < 1.29 is 0 Å². The molecule has 7 aromatic carbocycles. The number of hydrogen-bond donors (Lipinski definition) is 0. The average molecular weight is 746 g/mol. The Morgan fingerprint density at radius 2 is 0.914 bits per heavy atom. The lowest BCUT2D eigenvalue weighted by molar-refractivity contribution is 1.06. The standard InChI is InChI=1S/C51H35N7/c1-30-11-17-43-37(23-30)38-24-31(2)12-18-44(38)57(43)47-21-15-34(29-52)27-41(47)50-54-49(35-9-7-6-8-10-35)55-51(56-50)42-28-36(53-5)16-22-48(42)58-45-19-13-32(3)25-39(45)40-26-33(4)14-20-46(40)58/h6-28H,1-4H3. The third-order valence-electron chi connectivity index (χ3n) is 11.0. The second-order valence-corrected chi connectivity index (χ2v) is 15.1. The fourth-order valence-corrected chi connectivity index (χ4v) is 8.30. The molecule has 3 aromatic heterocycles. The lowest BCUT2D eigenvalue weighted by Crippen LogP contribution is -2.06. The third kappa shape index (κ3) is 5.60. The van der Waals surface area contributed by atoms with Crippen LogP contribution < -0.4 is 0 Å². The van der Waals surface area contributed by atoms with Gasteiger partial charge in [0, 0.05) is 38.2 Å². The third-order valence-corrected chi connectivity index (χ3v) is 11.0. The smallest absolute Gasteiger partial charge is 0.188 e. The number of rotatable bonds is 5. The maximum atomic E-state index is 10.3. The van der Waals surface area contributed by atoms with Gasteiger partial charge >= 0.3 is 0 Å². The zero-order valence-electron chi connectivity index (χ0n) is 32.4. The Balaban J connectivity index is 1.29. The molecule has 0 aliphatic heterocycles. The Bertz CT molecular complexity index is 3090. The van der Waals surface area contributed by atoms with E-state index in [0.717, 1.165) is 60.5 Å². The lowest BCUT2D eigenvalue weighted by Gasteiger charge is -2.17. The Kier molecular flexibility index (Phi) is 8.00. The highest BCUT2D eigenvalue weighted by atomic mass is 15.1. The van der Waals surface area contributed by atoms with Crippen molar-refractivity contribution in [3.05, 3.63) is 179 Å². The van der Waals surface area contributed by atoms with Crippen LogP contribution in [0.2, 0.25) is 0 Å². The lowest BCUT2D eigenvalue weighted by atomic mass is 10.1. The van der Waals surface area contributed by atoms with E-state index in [4.69, 9.17) is 21.5 Å². The first-order chi connectivity index (χ1) is 28.3. The summed E-state index contributed by atoms with van der Waals surface area (Å²) in [6, 6.07) is 49.8. The van der Waals surface area contributed by atoms with Gasteiger partial charge in [-0.1, -0.05) is 82.9 Å². The van der Waals surface area contributed by atoms with Gasteiger partial charge in [-0.05, 0) is 107 Å². The van der Waals surface area contributed by atoms with Crippen molar-refractivity contribution in [3.8, 4) is 51.6 Å². The number of benzene rings is 7. The summed E-state index contributed by atoms with van der Waals surface area (Å²) in [6.07, 6.45) is 0. The molecular formula is C51H35N7. The number of aromatic nitrogens is 5. The molecule has 0 fully saturated rings. The Morgan fingerprint density at radius 3 is 1.36 bits per heavy atom. The Labute approximate surface area is 335 Å². The van der Waals surface area contributed by atoms with Crippen molar-refractivity contribution in [3.63, 3.8) is 0 Å². The second-order valence-electron chi connectivity index (χ2n) is 15.1. The number of nitrogens with zero attached hydrogens (tertiary/aromatic N) is 7. The van der Waals surface area contributed by atoms with Gasteiger partial charge in [0.1, 0.15) is 0 Å². The fraction of sp³-hybridized carbons (Fsp3) is 0.0784. The highest BCUT2D eigenvalue weighted by Gasteiger charge is 2.23. The van der Waals surface area contributed by atoms with Gasteiger partial charge in [0.25, 0.3) is 0 Å². The largest absolute Gasteiger partial charge is 0.309 e. The topological polar surface area (TPSA) is 76.7 Å². The molecule has 0 radical (unpaired) electrons. The normalized spacial score (nSPS) is 11.4. The zero-order chi connectivity index (χ0) is 39.7. The molecule has 0 aliphatic carbocycles. The summed E-state index contributed by atoms with van der Waals surface area (Å²) in [5, 5.41) is 14.9. The zero-order valence-corrected chi connectivity index (χ0v) is 32.4. The summed E-state index contributed by atoms with van der Waals surface area (Å²) in [7, 11) is 0. The highest BCUT2D eigenvalue weighted by molar-refractivity contribution is 6.11. The summed E-state index contributed by atoms with van der Waals surface area (Å²) in [6.45, 7) is 16.5. The first-order valence-electron chi connectivity index (χ1n) is 19.2. The first-order valence-corrected chi connectivity index (χ1v) is 19.2. The minimum atomic E-state index is 0.415. The van der Waals surface area contributed by atoms with Crippen molar-refractivity contribution in [2.45, 2.75) is 27.7 Å². The van der Waals surface area contributed by atoms with Crippen LogP contribution in [-0.2, 0) is 0 Å². The molecule has 3 heterocycles.